The lowest BCUT2D eigenvalue weighted by molar-refractivity contribution is -0.138. The van der Waals surface area contributed by atoms with E-state index in [2.05, 4.69) is 24.2 Å². The van der Waals surface area contributed by atoms with E-state index in [1.807, 2.05) is 4.90 Å². The van der Waals surface area contributed by atoms with E-state index >= 15 is 0 Å². The topological polar surface area (TPSA) is 78.2 Å². The summed E-state index contributed by atoms with van der Waals surface area (Å²) in [5.74, 6) is 0.272. The highest BCUT2D eigenvalue weighted by atomic mass is 35.5. The molecule has 7 nitrogen and oxygen atoms in total. The third-order valence-corrected chi connectivity index (χ3v) is 7.41. The number of pyridine rings is 1. The van der Waals surface area contributed by atoms with Gasteiger partial charge in [0.2, 0.25) is 5.91 Å². The fourth-order valence-electron chi connectivity index (χ4n) is 5.01. The molecular formula is C23H29ClN4O3. The summed E-state index contributed by atoms with van der Waals surface area (Å²) in [7, 11) is 0. The van der Waals surface area contributed by atoms with Crippen LogP contribution in [0.5, 0.6) is 0 Å². The van der Waals surface area contributed by atoms with Gasteiger partial charge in [-0.15, -0.1) is 0 Å². The molecule has 0 unspecified atom stereocenters. The maximum atomic E-state index is 13.3. The maximum absolute atomic E-state index is 13.3. The second-order valence-corrected chi connectivity index (χ2v) is 9.52. The van der Waals surface area contributed by atoms with E-state index in [0.717, 1.165) is 43.3 Å². The van der Waals surface area contributed by atoms with Crippen LogP contribution in [0.25, 0.3) is 5.52 Å². The maximum Gasteiger partial charge on any atom is 0.276 e. The molecule has 0 aromatic carbocycles. The lowest BCUT2D eigenvalue weighted by Crippen LogP contribution is -2.56. The standard InChI is InChI=1S/C23H29ClN4O3/c1-2-16-11-15(14-3-4-14)12-19-21(24)22(25-28(16)19)23(31)26-9-10-27(20(30)13-26)17-5-7-18(29)8-6-17/h11-12,14,17-18,29H,2-10,13H2,1H3. The summed E-state index contributed by atoms with van der Waals surface area (Å²) in [5, 5.41) is 14.7. The molecule has 2 aliphatic carbocycles. The highest BCUT2D eigenvalue weighted by molar-refractivity contribution is 6.36. The summed E-state index contributed by atoms with van der Waals surface area (Å²) in [6, 6.07) is 4.40. The van der Waals surface area contributed by atoms with E-state index in [4.69, 9.17) is 11.6 Å². The van der Waals surface area contributed by atoms with Crippen molar-refractivity contribution in [1.82, 2.24) is 19.4 Å². The van der Waals surface area contributed by atoms with Crippen molar-refractivity contribution < 1.29 is 14.7 Å². The van der Waals surface area contributed by atoms with Crippen molar-refractivity contribution in [3.63, 3.8) is 0 Å². The molecule has 2 aromatic rings. The summed E-state index contributed by atoms with van der Waals surface area (Å²) in [4.78, 5) is 29.5. The van der Waals surface area contributed by atoms with E-state index in [1.165, 1.54) is 18.4 Å². The number of carbonyl (C=O) groups excluding carboxylic acids is 2. The van der Waals surface area contributed by atoms with E-state index < -0.39 is 0 Å². The quantitative estimate of drug-likeness (QED) is 0.786. The van der Waals surface area contributed by atoms with Crippen molar-refractivity contribution in [3.8, 4) is 0 Å². The number of nitrogens with zero attached hydrogens (tertiary/aromatic N) is 4. The normalized spacial score (nSPS) is 24.8. The van der Waals surface area contributed by atoms with Gasteiger partial charge in [0.05, 0.1) is 16.6 Å². The van der Waals surface area contributed by atoms with Gasteiger partial charge in [0.15, 0.2) is 5.69 Å². The van der Waals surface area contributed by atoms with Crippen molar-refractivity contribution in [2.45, 2.75) is 69.9 Å². The highest BCUT2D eigenvalue weighted by Gasteiger charge is 2.35. The third kappa shape index (κ3) is 3.82. The molecule has 0 radical (unpaired) electrons. The molecule has 3 heterocycles. The Kier molecular flexibility index (Phi) is 5.42. The Balaban J connectivity index is 1.36. The average Bonchev–Trinajstić information content (AvgIpc) is 3.57. The number of aliphatic hydroxyl groups is 1. The average molecular weight is 445 g/mol. The van der Waals surface area contributed by atoms with Gasteiger partial charge in [0.1, 0.15) is 6.54 Å². The molecule has 2 saturated carbocycles. The van der Waals surface area contributed by atoms with Gasteiger partial charge in [-0.05, 0) is 68.6 Å². The van der Waals surface area contributed by atoms with Crippen LogP contribution in [0.15, 0.2) is 12.1 Å². The van der Waals surface area contributed by atoms with Crippen LogP contribution in [-0.2, 0) is 11.2 Å². The monoisotopic (exact) mass is 444 g/mol. The number of carbonyl (C=O) groups is 2. The molecule has 1 saturated heterocycles. The van der Waals surface area contributed by atoms with E-state index in [0.29, 0.717) is 24.0 Å². The van der Waals surface area contributed by atoms with Crippen molar-refractivity contribution in [3.05, 3.63) is 34.1 Å². The van der Waals surface area contributed by atoms with Crippen LogP contribution in [0.2, 0.25) is 5.02 Å². The number of aromatic nitrogens is 2. The van der Waals surface area contributed by atoms with E-state index in [9.17, 15) is 14.7 Å². The number of aliphatic hydroxyl groups excluding tert-OH is 1. The summed E-state index contributed by atoms with van der Waals surface area (Å²) < 4.78 is 1.78. The fourth-order valence-corrected chi connectivity index (χ4v) is 5.27. The number of amides is 2. The first-order valence-electron chi connectivity index (χ1n) is 11.4. The smallest absolute Gasteiger partial charge is 0.276 e. The van der Waals surface area contributed by atoms with Crippen LogP contribution in [0, 0.1) is 0 Å². The Bertz CT molecular complexity index is 1020. The van der Waals surface area contributed by atoms with Crippen LogP contribution in [0.4, 0.5) is 0 Å². The van der Waals surface area contributed by atoms with Crippen LogP contribution >= 0.6 is 11.6 Å². The van der Waals surface area contributed by atoms with Gasteiger partial charge >= 0.3 is 0 Å². The zero-order valence-electron chi connectivity index (χ0n) is 17.9. The van der Waals surface area contributed by atoms with Crippen molar-refractivity contribution in [1.29, 1.82) is 0 Å². The molecule has 31 heavy (non-hydrogen) atoms. The number of fused-ring (bicyclic) bond motifs is 1. The molecule has 3 fully saturated rings. The number of piperazine rings is 1. The molecule has 2 aromatic heterocycles. The number of hydrogen-bond donors (Lipinski definition) is 1. The zero-order chi connectivity index (χ0) is 21.7. The third-order valence-electron chi connectivity index (χ3n) is 7.03. The lowest BCUT2D eigenvalue weighted by atomic mass is 9.91. The van der Waals surface area contributed by atoms with Crippen LogP contribution < -0.4 is 0 Å². The van der Waals surface area contributed by atoms with Gasteiger partial charge in [-0.2, -0.15) is 5.10 Å². The second-order valence-electron chi connectivity index (χ2n) is 9.14. The summed E-state index contributed by atoms with van der Waals surface area (Å²) >= 11 is 6.65. The lowest BCUT2D eigenvalue weighted by Gasteiger charge is -2.41. The van der Waals surface area contributed by atoms with Crippen LogP contribution in [0.3, 0.4) is 0 Å². The van der Waals surface area contributed by atoms with Gasteiger partial charge < -0.3 is 14.9 Å². The molecule has 2 amide bonds. The molecule has 166 valence electrons. The minimum atomic E-state index is -0.282. The molecule has 5 rings (SSSR count). The fraction of sp³-hybridized carbons (Fsp3) is 0.609. The number of aryl methyl sites for hydroxylation is 1. The number of rotatable bonds is 4. The molecule has 1 N–H and O–H groups in total. The van der Waals surface area contributed by atoms with Crippen molar-refractivity contribution >= 4 is 28.9 Å². The van der Waals surface area contributed by atoms with Crippen LogP contribution in [0.1, 0.15) is 73.1 Å². The zero-order valence-corrected chi connectivity index (χ0v) is 18.6. The van der Waals surface area contributed by atoms with Gasteiger partial charge in [0.25, 0.3) is 5.91 Å². The first kappa shape index (κ1) is 20.8. The molecule has 0 spiro atoms. The van der Waals surface area contributed by atoms with E-state index in [-0.39, 0.29) is 36.2 Å². The first-order valence-corrected chi connectivity index (χ1v) is 11.8. The number of halogens is 1. The Labute approximate surface area is 186 Å². The minimum Gasteiger partial charge on any atom is -0.393 e. The summed E-state index contributed by atoms with van der Waals surface area (Å²) in [5.41, 5.74) is 3.32. The molecule has 1 aliphatic heterocycles. The molecule has 3 aliphatic rings. The van der Waals surface area contributed by atoms with Gasteiger partial charge in [-0.25, -0.2) is 4.52 Å². The van der Waals surface area contributed by atoms with Crippen LogP contribution in [-0.4, -0.2) is 68.1 Å². The molecular weight excluding hydrogens is 416 g/mol. The Morgan fingerprint density at radius 3 is 2.55 bits per heavy atom. The minimum absolute atomic E-state index is 0.0360. The van der Waals surface area contributed by atoms with Crippen molar-refractivity contribution in [2.75, 3.05) is 19.6 Å². The van der Waals surface area contributed by atoms with Gasteiger partial charge in [0, 0.05) is 24.8 Å². The van der Waals surface area contributed by atoms with Gasteiger partial charge in [-0.1, -0.05) is 18.5 Å². The highest BCUT2D eigenvalue weighted by Crippen LogP contribution is 2.41. The number of hydrogen-bond acceptors (Lipinski definition) is 4. The van der Waals surface area contributed by atoms with E-state index in [1.54, 1.807) is 9.42 Å². The summed E-state index contributed by atoms with van der Waals surface area (Å²) in [6.45, 7) is 3.12. The Hall–Kier alpha value is -2.12. The Morgan fingerprint density at radius 2 is 1.90 bits per heavy atom. The van der Waals surface area contributed by atoms with Crippen molar-refractivity contribution in [2.24, 2.45) is 0 Å². The largest absolute Gasteiger partial charge is 0.393 e. The molecule has 0 bridgehead atoms. The predicted octanol–water partition coefficient (Wildman–Crippen LogP) is 3.02. The molecule has 0 atom stereocenters. The SMILES string of the molecule is CCc1cc(C2CC2)cc2c(Cl)c(C(=O)N3CCN(C4CCC(O)CC4)C(=O)C3)nn12. The predicted molar refractivity (Wildman–Crippen MR) is 117 cm³/mol. The summed E-state index contributed by atoms with van der Waals surface area (Å²) in [6.07, 6.45) is 6.06. The second kappa shape index (κ2) is 8.10. The Morgan fingerprint density at radius 1 is 1.16 bits per heavy atom. The first-order chi connectivity index (χ1) is 15.0. The molecule has 8 heteroatoms. The van der Waals surface area contributed by atoms with Gasteiger partial charge in [-0.3, -0.25) is 9.59 Å².